The standard InChI is InChI=1S/C16H29N3O/c1-12(2)13-5-3-7-16(9-13)11-18-15(17)19(16)10-14-6-4-8-20-14/h12-14H,3-11H2,1-2H3,(H2,17,18). The number of ether oxygens (including phenoxy) is 1. The van der Waals surface area contributed by atoms with Crippen LogP contribution in [0.1, 0.15) is 52.4 Å². The minimum absolute atomic E-state index is 0.198. The van der Waals surface area contributed by atoms with E-state index in [0.29, 0.717) is 6.10 Å². The maximum absolute atomic E-state index is 6.20. The highest BCUT2D eigenvalue weighted by molar-refractivity contribution is 5.81. The second kappa shape index (κ2) is 5.55. The Morgan fingerprint density at radius 2 is 2.25 bits per heavy atom. The highest BCUT2D eigenvalue weighted by atomic mass is 16.5. The van der Waals surface area contributed by atoms with Crippen LogP contribution in [0.5, 0.6) is 0 Å². The Labute approximate surface area is 122 Å². The number of hydrogen-bond donors (Lipinski definition) is 1. The van der Waals surface area contributed by atoms with E-state index in [1.54, 1.807) is 0 Å². The van der Waals surface area contributed by atoms with Crippen LogP contribution in [0.25, 0.3) is 0 Å². The fraction of sp³-hybridized carbons (Fsp3) is 0.938. The Bertz CT molecular complexity index is 376. The number of aliphatic imine (C=N–C) groups is 1. The number of hydrogen-bond acceptors (Lipinski definition) is 4. The summed E-state index contributed by atoms with van der Waals surface area (Å²) in [7, 11) is 0. The van der Waals surface area contributed by atoms with Crippen molar-refractivity contribution in [1.82, 2.24) is 4.90 Å². The van der Waals surface area contributed by atoms with Gasteiger partial charge >= 0.3 is 0 Å². The first kappa shape index (κ1) is 14.2. The van der Waals surface area contributed by atoms with E-state index in [0.717, 1.165) is 37.5 Å². The van der Waals surface area contributed by atoms with E-state index in [-0.39, 0.29) is 5.54 Å². The summed E-state index contributed by atoms with van der Waals surface area (Å²) in [5.74, 6) is 2.33. The average Bonchev–Trinajstić information content (AvgIpc) is 3.04. The minimum Gasteiger partial charge on any atom is -0.376 e. The lowest BCUT2D eigenvalue weighted by Crippen LogP contribution is -2.56. The molecule has 114 valence electrons. The van der Waals surface area contributed by atoms with Crippen molar-refractivity contribution in [1.29, 1.82) is 0 Å². The molecule has 3 aliphatic rings. The first-order chi connectivity index (χ1) is 9.61. The fourth-order valence-corrected chi connectivity index (χ4v) is 4.26. The van der Waals surface area contributed by atoms with Gasteiger partial charge < -0.3 is 15.4 Å². The van der Waals surface area contributed by atoms with Crippen LogP contribution < -0.4 is 5.73 Å². The smallest absolute Gasteiger partial charge is 0.191 e. The second-order valence-corrected chi connectivity index (χ2v) is 7.24. The molecular formula is C16H29N3O. The SMILES string of the molecule is CC(C)C1CCCC2(CN=C(N)N2CC2CCCO2)C1. The van der Waals surface area contributed by atoms with Crippen LogP contribution in [0.2, 0.25) is 0 Å². The molecule has 0 aromatic heterocycles. The van der Waals surface area contributed by atoms with Crippen LogP contribution in [-0.4, -0.2) is 42.2 Å². The van der Waals surface area contributed by atoms with Crippen LogP contribution in [0.15, 0.2) is 4.99 Å². The van der Waals surface area contributed by atoms with Crippen molar-refractivity contribution in [2.24, 2.45) is 22.6 Å². The monoisotopic (exact) mass is 279 g/mol. The van der Waals surface area contributed by atoms with Crippen molar-refractivity contribution in [2.75, 3.05) is 19.7 Å². The summed E-state index contributed by atoms with van der Waals surface area (Å²) in [6.07, 6.45) is 7.90. The minimum atomic E-state index is 0.198. The molecule has 1 spiro atoms. The van der Waals surface area contributed by atoms with Crippen LogP contribution in [0.3, 0.4) is 0 Å². The number of rotatable bonds is 3. The first-order valence-corrected chi connectivity index (χ1v) is 8.30. The van der Waals surface area contributed by atoms with E-state index in [1.165, 1.54) is 38.5 Å². The largest absolute Gasteiger partial charge is 0.376 e. The van der Waals surface area contributed by atoms with Gasteiger partial charge in [0.1, 0.15) is 0 Å². The normalized spacial score (nSPS) is 38.0. The lowest BCUT2D eigenvalue weighted by molar-refractivity contribution is 0.0367. The predicted octanol–water partition coefficient (Wildman–Crippen LogP) is 2.38. The quantitative estimate of drug-likeness (QED) is 0.863. The Kier molecular flexibility index (Phi) is 3.93. The maximum Gasteiger partial charge on any atom is 0.191 e. The molecule has 3 rings (SSSR count). The lowest BCUT2D eigenvalue weighted by atomic mass is 9.71. The van der Waals surface area contributed by atoms with Crippen LogP contribution in [0.4, 0.5) is 0 Å². The van der Waals surface area contributed by atoms with Gasteiger partial charge in [-0.2, -0.15) is 0 Å². The topological polar surface area (TPSA) is 50.8 Å². The third-order valence-electron chi connectivity index (χ3n) is 5.60. The highest BCUT2D eigenvalue weighted by Crippen LogP contribution is 2.42. The van der Waals surface area contributed by atoms with Gasteiger partial charge in [-0.05, 0) is 37.5 Å². The van der Waals surface area contributed by atoms with Gasteiger partial charge in [-0.25, -0.2) is 0 Å². The maximum atomic E-state index is 6.20. The summed E-state index contributed by atoms with van der Waals surface area (Å²) in [5, 5.41) is 0. The van der Waals surface area contributed by atoms with Gasteiger partial charge in [-0.1, -0.05) is 26.7 Å². The van der Waals surface area contributed by atoms with E-state index in [2.05, 4.69) is 23.7 Å². The number of nitrogens with two attached hydrogens (primary N) is 1. The molecule has 4 heteroatoms. The van der Waals surface area contributed by atoms with Gasteiger partial charge in [0.15, 0.2) is 5.96 Å². The van der Waals surface area contributed by atoms with Crippen molar-refractivity contribution in [3.8, 4) is 0 Å². The third-order valence-corrected chi connectivity index (χ3v) is 5.60. The van der Waals surface area contributed by atoms with Crippen LogP contribution >= 0.6 is 0 Å². The van der Waals surface area contributed by atoms with Crippen molar-refractivity contribution in [3.05, 3.63) is 0 Å². The Balaban J connectivity index is 1.73. The second-order valence-electron chi connectivity index (χ2n) is 7.24. The zero-order chi connectivity index (χ0) is 14.2. The van der Waals surface area contributed by atoms with Gasteiger partial charge in [-0.3, -0.25) is 4.99 Å². The molecule has 2 aliphatic heterocycles. The van der Waals surface area contributed by atoms with Crippen LogP contribution in [0, 0.1) is 11.8 Å². The molecule has 0 aromatic carbocycles. The molecule has 0 radical (unpaired) electrons. The van der Waals surface area contributed by atoms with E-state index in [4.69, 9.17) is 10.5 Å². The van der Waals surface area contributed by atoms with E-state index >= 15 is 0 Å². The van der Waals surface area contributed by atoms with Crippen molar-refractivity contribution < 1.29 is 4.74 Å². The molecule has 3 unspecified atom stereocenters. The zero-order valence-electron chi connectivity index (χ0n) is 13.0. The van der Waals surface area contributed by atoms with Gasteiger partial charge in [-0.15, -0.1) is 0 Å². The summed E-state index contributed by atoms with van der Waals surface area (Å²) in [4.78, 5) is 7.00. The first-order valence-electron chi connectivity index (χ1n) is 8.30. The molecule has 2 N–H and O–H groups in total. The molecule has 4 nitrogen and oxygen atoms in total. The van der Waals surface area contributed by atoms with E-state index in [9.17, 15) is 0 Å². The van der Waals surface area contributed by atoms with Crippen molar-refractivity contribution >= 4 is 5.96 Å². The van der Waals surface area contributed by atoms with Gasteiger partial charge in [0.05, 0.1) is 18.2 Å². The third kappa shape index (κ3) is 2.54. The molecule has 20 heavy (non-hydrogen) atoms. The van der Waals surface area contributed by atoms with Crippen molar-refractivity contribution in [2.45, 2.75) is 64.0 Å². The molecule has 2 heterocycles. The zero-order valence-corrected chi connectivity index (χ0v) is 13.0. The average molecular weight is 279 g/mol. The molecule has 0 amide bonds. The molecule has 2 fully saturated rings. The van der Waals surface area contributed by atoms with E-state index < -0.39 is 0 Å². The molecule has 0 bridgehead atoms. The summed E-state index contributed by atoms with van der Waals surface area (Å²) in [6.45, 7) is 7.46. The molecule has 0 aromatic rings. The van der Waals surface area contributed by atoms with Crippen molar-refractivity contribution in [3.63, 3.8) is 0 Å². The summed E-state index contributed by atoms with van der Waals surface area (Å²) in [6, 6.07) is 0. The summed E-state index contributed by atoms with van der Waals surface area (Å²) >= 11 is 0. The van der Waals surface area contributed by atoms with Gasteiger partial charge in [0.2, 0.25) is 0 Å². The fourth-order valence-electron chi connectivity index (χ4n) is 4.26. The molecule has 1 saturated carbocycles. The Hall–Kier alpha value is -0.770. The molecular weight excluding hydrogens is 250 g/mol. The Morgan fingerprint density at radius 3 is 2.95 bits per heavy atom. The summed E-state index contributed by atoms with van der Waals surface area (Å²) < 4.78 is 5.82. The number of guanidine groups is 1. The Morgan fingerprint density at radius 1 is 1.40 bits per heavy atom. The molecule has 1 aliphatic carbocycles. The lowest BCUT2D eigenvalue weighted by Gasteiger charge is -2.46. The van der Waals surface area contributed by atoms with Gasteiger partial charge in [0, 0.05) is 13.2 Å². The predicted molar refractivity (Wildman–Crippen MR) is 81.7 cm³/mol. The summed E-state index contributed by atoms with van der Waals surface area (Å²) in [5.41, 5.74) is 6.40. The van der Waals surface area contributed by atoms with Gasteiger partial charge in [0.25, 0.3) is 0 Å². The van der Waals surface area contributed by atoms with E-state index in [1.807, 2.05) is 0 Å². The van der Waals surface area contributed by atoms with Crippen LogP contribution in [-0.2, 0) is 4.74 Å². The highest BCUT2D eigenvalue weighted by Gasteiger charge is 2.46. The number of nitrogens with zero attached hydrogens (tertiary/aromatic N) is 2. The molecule has 3 atom stereocenters. The molecule has 1 saturated heterocycles.